The Morgan fingerprint density at radius 1 is 1.45 bits per heavy atom. The number of carboxylic acids is 1. The number of piperidine rings is 1. The zero-order valence-corrected chi connectivity index (χ0v) is 13.4. The lowest BCUT2D eigenvalue weighted by molar-refractivity contribution is -0.150. The average Bonchev–Trinajstić information content (AvgIpc) is 2.45. The van der Waals surface area contributed by atoms with Crippen molar-refractivity contribution >= 4 is 23.5 Å². The fourth-order valence-corrected chi connectivity index (χ4v) is 2.94. The molecule has 6 heteroatoms. The van der Waals surface area contributed by atoms with Gasteiger partial charge in [0.1, 0.15) is 5.75 Å². The summed E-state index contributed by atoms with van der Waals surface area (Å²) >= 11 is 5.89. The van der Waals surface area contributed by atoms with E-state index in [0.717, 1.165) is 0 Å². The van der Waals surface area contributed by atoms with Crippen LogP contribution in [0.5, 0.6) is 5.75 Å². The Morgan fingerprint density at radius 2 is 2.18 bits per heavy atom. The lowest BCUT2D eigenvalue weighted by Crippen LogP contribution is -2.49. The van der Waals surface area contributed by atoms with Gasteiger partial charge in [-0.2, -0.15) is 0 Å². The molecule has 0 bridgehead atoms. The molecule has 1 aromatic carbocycles. The number of carbonyl (C=O) groups is 2. The molecule has 0 aliphatic carbocycles. The van der Waals surface area contributed by atoms with Crippen LogP contribution in [0.2, 0.25) is 5.02 Å². The maximum atomic E-state index is 12.4. The van der Waals surface area contributed by atoms with Gasteiger partial charge in [0, 0.05) is 18.1 Å². The summed E-state index contributed by atoms with van der Waals surface area (Å²) in [5.74, 6) is -0.818. The van der Waals surface area contributed by atoms with E-state index in [4.69, 9.17) is 21.4 Å². The Bertz CT molecular complexity index is 563. The maximum Gasteiger partial charge on any atom is 0.306 e. The van der Waals surface area contributed by atoms with Gasteiger partial charge in [0.25, 0.3) is 5.91 Å². The molecule has 1 fully saturated rings. The van der Waals surface area contributed by atoms with Crippen LogP contribution >= 0.6 is 11.6 Å². The van der Waals surface area contributed by atoms with Crippen molar-refractivity contribution in [2.75, 3.05) is 13.1 Å². The number of ether oxygens (including phenoxy) is 1. The lowest BCUT2D eigenvalue weighted by Gasteiger charge is -2.36. The Balaban J connectivity index is 1.95. The standard InChI is InChI=1S/C16H20ClNO4/c1-10-9-18(7-6-14(10)16(20)21)15(19)11(2)22-13-5-3-4-12(17)8-13/h3-5,8,10-11,14H,6-7,9H2,1-2H3,(H,20,21). The van der Waals surface area contributed by atoms with E-state index < -0.39 is 12.1 Å². The number of hydrogen-bond donors (Lipinski definition) is 1. The molecular formula is C16H20ClNO4. The van der Waals surface area contributed by atoms with Crippen LogP contribution in [0.3, 0.4) is 0 Å². The molecule has 3 atom stereocenters. The highest BCUT2D eigenvalue weighted by atomic mass is 35.5. The van der Waals surface area contributed by atoms with E-state index in [9.17, 15) is 9.59 Å². The van der Waals surface area contributed by atoms with Gasteiger partial charge < -0.3 is 14.7 Å². The summed E-state index contributed by atoms with van der Waals surface area (Å²) in [6, 6.07) is 6.90. The normalized spacial score (nSPS) is 23.0. The molecule has 0 aromatic heterocycles. The van der Waals surface area contributed by atoms with E-state index in [-0.39, 0.29) is 17.7 Å². The number of halogens is 1. The topological polar surface area (TPSA) is 66.8 Å². The average molecular weight is 326 g/mol. The Morgan fingerprint density at radius 3 is 2.77 bits per heavy atom. The van der Waals surface area contributed by atoms with Crippen LogP contribution < -0.4 is 4.74 Å². The van der Waals surface area contributed by atoms with Crippen molar-refractivity contribution in [3.63, 3.8) is 0 Å². The zero-order valence-electron chi connectivity index (χ0n) is 12.7. The molecule has 120 valence electrons. The van der Waals surface area contributed by atoms with Crippen molar-refractivity contribution in [3.8, 4) is 5.75 Å². The van der Waals surface area contributed by atoms with Gasteiger partial charge in [-0.25, -0.2) is 0 Å². The number of amides is 1. The van der Waals surface area contributed by atoms with Gasteiger partial charge in [-0.05, 0) is 37.5 Å². The summed E-state index contributed by atoms with van der Waals surface area (Å²) in [7, 11) is 0. The van der Waals surface area contributed by atoms with Crippen LogP contribution in [0, 0.1) is 11.8 Å². The van der Waals surface area contributed by atoms with Crippen molar-refractivity contribution < 1.29 is 19.4 Å². The van der Waals surface area contributed by atoms with Crippen molar-refractivity contribution in [1.82, 2.24) is 4.90 Å². The molecule has 0 saturated carbocycles. The number of nitrogens with zero attached hydrogens (tertiary/aromatic N) is 1. The van der Waals surface area contributed by atoms with E-state index in [2.05, 4.69) is 0 Å². The summed E-state index contributed by atoms with van der Waals surface area (Å²) in [6.45, 7) is 4.44. The molecule has 22 heavy (non-hydrogen) atoms. The van der Waals surface area contributed by atoms with Crippen molar-refractivity contribution in [2.45, 2.75) is 26.4 Å². The molecule has 5 nitrogen and oxygen atoms in total. The predicted octanol–water partition coefficient (Wildman–Crippen LogP) is 2.68. The van der Waals surface area contributed by atoms with Gasteiger partial charge in [0.2, 0.25) is 0 Å². The van der Waals surface area contributed by atoms with Crippen LogP contribution in [0.25, 0.3) is 0 Å². The highest BCUT2D eigenvalue weighted by Gasteiger charge is 2.34. The number of likely N-dealkylation sites (tertiary alicyclic amines) is 1. The number of rotatable bonds is 4. The third kappa shape index (κ3) is 3.91. The number of aliphatic carboxylic acids is 1. The molecule has 0 spiro atoms. The quantitative estimate of drug-likeness (QED) is 0.924. The van der Waals surface area contributed by atoms with E-state index in [0.29, 0.717) is 30.3 Å². The largest absolute Gasteiger partial charge is 0.481 e. The first-order chi connectivity index (χ1) is 10.4. The third-order valence-electron chi connectivity index (χ3n) is 3.99. The fraction of sp³-hybridized carbons (Fsp3) is 0.500. The molecule has 1 aliphatic heterocycles. The minimum absolute atomic E-state index is 0.0615. The molecule has 1 amide bonds. The Kier molecular flexibility index (Phi) is 5.29. The van der Waals surface area contributed by atoms with Crippen molar-refractivity contribution in [2.24, 2.45) is 11.8 Å². The van der Waals surface area contributed by atoms with Gasteiger partial charge in [-0.3, -0.25) is 9.59 Å². The van der Waals surface area contributed by atoms with Crippen LogP contribution in [0.1, 0.15) is 20.3 Å². The molecule has 1 aromatic rings. The van der Waals surface area contributed by atoms with E-state index in [1.54, 1.807) is 36.1 Å². The summed E-state index contributed by atoms with van der Waals surface area (Å²) in [5.41, 5.74) is 0. The van der Waals surface area contributed by atoms with Crippen LogP contribution in [-0.2, 0) is 9.59 Å². The molecule has 3 unspecified atom stereocenters. The fourth-order valence-electron chi connectivity index (χ4n) is 2.76. The summed E-state index contributed by atoms with van der Waals surface area (Å²) < 4.78 is 5.63. The third-order valence-corrected chi connectivity index (χ3v) is 4.23. The van der Waals surface area contributed by atoms with Gasteiger partial charge in [0.15, 0.2) is 6.10 Å². The van der Waals surface area contributed by atoms with Crippen LogP contribution in [-0.4, -0.2) is 41.1 Å². The second kappa shape index (κ2) is 7.01. The van der Waals surface area contributed by atoms with E-state index in [1.165, 1.54) is 0 Å². The van der Waals surface area contributed by atoms with E-state index >= 15 is 0 Å². The van der Waals surface area contributed by atoms with Crippen LogP contribution in [0.4, 0.5) is 0 Å². The molecule has 2 rings (SSSR count). The maximum absolute atomic E-state index is 12.4. The first kappa shape index (κ1) is 16.6. The van der Waals surface area contributed by atoms with Crippen molar-refractivity contribution in [3.05, 3.63) is 29.3 Å². The summed E-state index contributed by atoms with van der Waals surface area (Å²) in [5, 5.41) is 9.67. The number of benzene rings is 1. The number of carbonyl (C=O) groups excluding carboxylic acids is 1. The highest BCUT2D eigenvalue weighted by Crippen LogP contribution is 2.25. The second-order valence-electron chi connectivity index (χ2n) is 5.71. The second-order valence-corrected chi connectivity index (χ2v) is 6.15. The lowest BCUT2D eigenvalue weighted by atomic mass is 9.87. The smallest absolute Gasteiger partial charge is 0.306 e. The first-order valence-electron chi connectivity index (χ1n) is 7.32. The minimum Gasteiger partial charge on any atom is -0.481 e. The van der Waals surface area contributed by atoms with Gasteiger partial charge in [-0.15, -0.1) is 0 Å². The van der Waals surface area contributed by atoms with Crippen LogP contribution in [0.15, 0.2) is 24.3 Å². The highest BCUT2D eigenvalue weighted by molar-refractivity contribution is 6.30. The summed E-state index contributed by atoms with van der Waals surface area (Å²) in [4.78, 5) is 25.2. The minimum atomic E-state index is -0.789. The molecule has 1 N–H and O–H groups in total. The molecule has 0 radical (unpaired) electrons. The zero-order chi connectivity index (χ0) is 16.3. The molecular weight excluding hydrogens is 306 g/mol. The Hall–Kier alpha value is -1.75. The van der Waals surface area contributed by atoms with Gasteiger partial charge >= 0.3 is 5.97 Å². The molecule has 1 saturated heterocycles. The van der Waals surface area contributed by atoms with Gasteiger partial charge in [-0.1, -0.05) is 24.6 Å². The SMILES string of the molecule is CC(Oc1cccc(Cl)c1)C(=O)N1CCC(C(=O)O)C(C)C1. The number of carboxylic acid groups (broad SMARTS) is 1. The monoisotopic (exact) mass is 325 g/mol. The Labute approximate surface area is 134 Å². The predicted molar refractivity (Wildman–Crippen MR) is 83.0 cm³/mol. The number of hydrogen-bond acceptors (Lipinski definition) is 3. The van der Waals surface area contributed by atoms with E-state index in [1.807, 2.05) is 6.92 Å². The molecule has 1 aliphatic rings. The van der Waals surface area contributed by atoms with Crippen molar-refractivity contribution in [1.29, 1.82) is 0 Å². The van der Waals surface area contributed by atoms with Gasteiger partial charge in [0.05, 0.1) is 5.92 Å². The first-order valence-corrected chi connectivity index (χ1v) is 7.70. The summed E-state index contributed by atoms with van der Waals surface area (Å²) in [6.07, 6.45) is -0.154. The molecule has 1 heterocycles.